The number of carbonyl (C=O) groups is 1. The summed E-state index contributed by atoms with van der Waals surface area (Å²) in [6, 6.07) is 6.78. The number of hydrogen-bond acceptors (Lipinski definition) is 4. The minimum Gasteiger partial charge on any atom is -0.278 e. The molecule has 0 fully saturated rings. The molecule has 0 saturated heterocycles. The van der Waals surface area contributed by atoms with Gasteiger partial charge in [0.2, 0.25) is 6.41 Å². The highest BCUT2D eigenvalue weighted by Gasteiger charge is 2.30. The predicted octanol–water partition coefficient (Wildman–Crippen LogP) is 3.30. The lowest BCUT2D eigenvalue weighted by atomic mass is 10.2. The molecular weight excluding hydrogens is 303 g/mol. The number of amides is 1. The molecule has 2 aromatic rings. The predicted molar refractivity (Wildman–Crippen MR) is 70.5 cm³/mol. The van der Waals surface area contributed by atoms with Crippen molar-refractivity contribution in [1.29, 1.82) is 0 Å². The zero-order chi connectivity index (χ0) is 16.3. The molecule has 1 aromatic carbocycles. The number of nitro benzene ring substituents is 1. The molecule has 2 rings (SSSR count). The fourth-order valence-electron chi connectivity index (χ4n) is 1.68. The molecular formula is C13H8F3N3O3. The molecule has 0 atom stereocenters. The Bertz CT molecular complexity index is 684. The van der Waals surface area contributed by atoms with Crippen molar-refractivity contribution in [3.8, 4) is 0 Å². The van der Waals surface area contributed by atoms with Crippen LogP contribution in [0.5, 0.6) is 0 Å². The average Bonchev–Trinajstić information content (AvgIpc) is 2.48. The second-order valence-electron chi connectivity index (χ2n) is 4.15. The van der Waals surface area contributed by atoms with Gasteiger partial charge in [0.25, 0.3) is 5.69 Å². The van der Waals surface area contributed by atoms with Crippen LogP contribution in [-0.2, 0) is 11.0 Å². The maximum Gasteiger partial charge on any atom is 0.417 e. The number of alkyl halides is 3. The summed E-state index contributed by atoms with van der Waals surface area (Å²) in [6.07, 6.45) is -3.56. The van der Waals surface area contributed by atoms with Crippen LogP contribution in [0.1, 0.15) is 5.56 Å². The number of anilines is 2. The molecule has 22 heavy (non-hydrogen) atoms. The minimum atomic E-state index is -4.52. The van der Waals surface area contributed by atoms with Gasteiger partial charge in [-0.25, -0.2) is 4.98 Å². The first-order valence-corrected chi connectivity index (χ1v) is 5.85. The van der Waals surface area contributed by atoms with Crippen molar-refractivity contribution in [1.82, 2.24) is 4.98 Å². The number of non-ortho nitro benzene ring substituents is 1. The maximum atomic E-state index is 12.5. The van der Waals surface area contributed by atoms with E-state index in [0.717, 1.165) is 17.0 Å². The van der Waals surface area contributed by atoms with E-state index in [1.54, 1.807) is 0 Å². The van der Waals surface area contributed by atoms with E-state index in [9.17, 15) is 28.1 Å². The Morgan fingerprint density at radius 3 is 2.18 bits per heavy atom. The Morgan fingerprint density at radius 2 is 1.77 bits per heavy atom. The Hall–Kier alpha value is -2.97. The summed E-state index contributed by atoms with van der Waals surface area (Å²) in [5.74, 6) is -0.0307. The van der Waals surface area contributed by atoms with E-state index in [2.05, 4.69) is 4.98 Å². The van der Waals surface area contributed by atoms with Gasteiger partial charge in [-0.15, -0.1) is 0 Å². The molecule has 9 heteroatoms. The summed E-state index contributed by atoms with van der Waals surface area (Å²) in [6.45, 7) is 0. The van der Waals surface area contributed by atoms with Gasteiger partial charge in [0.1, 0.15) is 5.82 Å². The normalized spacial score (nSPS) is 11.0. The maximum absolute atomic E-state index is 12.5. The van der Waals surface area contributed by atoms with Gasteiger partial charge in [-0.2, -0.15) is 13.2 Å². The third-order valence-electron chi connectivity index (χ3n) is 2.77. The van der Waals surface area contributed by atoms with Crippen LogP contribution in [0.25, 0.3) is 0 Å². The molecule has 0 saturated carbocycles. The van der Waals surface area contributed by atoms with E-state index in [0.29, 0.717) is 12.6 Å². The fourth-order valence-corrected chi connectivity index (χ4v) is 1.68. The Labute approximate surface area is 122 Å². The van der Waals surface area contributed by atoms with Crippen LogP contribution < -0.4 is 4.90 Å². The lowest BCUT2D eigenvalue weighted by molar-refractivity contribution is -0.384. The van der Waals surface area contributed by atoms with Crippen molar-refractivity contribution in [3.05, 3.63) is 58.3 Å². The first-order valence-electron chi connectivity index (χ1n) is 5.85. The third-order valence-corrected chi connectivity index (χ3v) is 2.77. The molecule has 1 heterocycles. The Balaban J connectivity index is 2.31. The zero-order valence-electron chi connectivity index (χ0n) is 10.8. The highest BCUT2D eigenvalue weighted by atomic mass is 19.4. The number of nitrogens with zero attached hydrogens (tertiary/aromatic N) is 3. The van der Waals surface area contributed by atoms with Crippen LogP contribution >= 0.6 is 0 Å². The summed E-state index contributed by atoms with van der Waals surface area (Å²) in [5, 5.41) is 10.6. The van der Waals surface area contributed by atoms with Crippen LogP contribution in [0.3, 0.4) is 0 Å². The largest absolute Gasteiger partial charge is 0.417 e. The van der Waals surface area contributed by atoms with Crippen LogP contribution in [0, 0.1) is 10.1 Å². The molecule has 0 N–H and O–H groups in total. The first kappa shape index (κ1) is 15.4. The van der Waals surface area contributed by atoms with Crippen LogP contribution in [-0.4, -0.2) is 16.3 Å². The number of aromatic nitrogens is 1. The van der Waals surface area contributed by atoms with E-state index in [4.69, 9.17) is 0 Å². The minimum absolute atomic E-state index is 0.0307. The number of benzene rings is 1. The van der Waals surface area contributed by atoms with Crippen molar-refractivity contribution in [3.63, 3.8) is 0 Å². The monoisotopic (exact) mass is 311 g/mol. The lowest BCUT2D eigenvalue weighted by Crippen LogP contribution is -2.16. The van der Waals surface area contributed by atoms with Crippen molar-refractivity contribution >= 4 is 23.6 Å². The van der Waals surface area contributed by atoms with E-state index < -0.39 is 16.7 Å². The van der Waals surface area contributed by atoms with E-state index in [1.807, 2.05) is 0 Å². The topological polar surface area (TPSA) is 76.3 Å². The van der Waals surface area contributed by atoms with E-state index in [-0.39, 0.29) is 17.2 Å². The molecule has 0 bridgehead atoms. The summed E-state index contributed by atoms with van der Waals surface area (Å²) in [7, 11) is 0. The number of carbonyl (C=O) groups excluding carboxylic acids is 1. The lowest BCUT2D eigenvalue weighted by Gasteiger charge is -2.16. The molecule has 6 nitrogen and oxygen atoms in total. The number of hydrogen-bond donors (Lipinski definition) is 0. The van der Waals surface area contributed by atoms with Gasteiger partial charge < -0.3 is 0 Å². The van der Waals surface area contributed by atoms with Crippen molar-refractivity contribution in [2.75, 3.05) is 4.90 Å². The standard InChI is InChI=1S/C13H8F3N3O3/c14-13(15,16)9-1-6-12(17-7-9)18(8-20)10-2-4-11(5-3-10)19(21)22/h1-8H. The molecule has 0 unspecified atom stereocenters. The summed E-state index contributed by atoms with van der Waals surface area (Å²) < 4.78 is 37.4. The molecule has 0 aliphatic heterocycles. The van der Waals surface area contributed by atoms with Crippen LogP contribution in [0.15, 0.2) is 42.6 Å². The third kappa shape index (κ3) is 3.19. The zero-order valence-corrected chi connectivity index (χ0v) is 10.8. The number of halogens is 3. The molecule has 0 aliphatic carbocycles. The van der Waals surface area contributed by atoms with Gasteiger partial charge >= 0.3 is 6.18 Å². The van der Waals surface area contributed by atoms with Gasteiger partial charge in [-0.3, -0.25) is 19.8 Å². The Kier molecular flexibility index (Phi) is 4.06. The highest BCUT2D eigenvalue weighted by molar-refractivity contribution is 5.84. The molecule has 0 aliphatic rings. The fraction of sp³-hybridized carbons (Fsp3) is 0.0769. The second kappa shape index (κ2) is 5.80. The molecule has 1 amide bonds. The Morgan fingerprint density at radius 1 is 1.14 bits per heavy atom. The van der Waals surface area contributed by atoms with Gasteiger partial charge in [-0.05, 0) is 24.3 Å². The smallest absolute Gasteiger partial charge is 0.278 e. The molecule has 1 aromatic heterocycles. The molecule has 0 radical (unpaired) electrons. The van der Waals surface area contributed by atoms with Gasteiger partial charge in [-0.1, -0.05) is 0 Å². The van der Waals surface area contributed by atoms with Crippen molar-refractivity contribution < 1.29 is 22.9 Å². The summed E-state index contributed by atoms with van der Waals surface area (Å²) in [5.41, 5.74) is -0.867. The number of nitro groups is 1. The van der Waals surface area contributed by atoms with Crippen LogP contribution in [0.4, 0.5) is 30.4 Å². The first-order chi connectivity index (χ1) is 10.3. The second-order valence-corrected chi connectivity index (χ2v) is 4.15. The summed E-state index contributed by atoms with van der Waals surface area (Å²) in [4.78, 5) is 25.7. The molecule has 114 valence electrons. The quantitative estimate of drug-likeness (QED) is 0.493. The van der Waals surface area contributed by atoms with Gasteiger partial charge in [0, 0.05) is 18.3 Å². The van der Waals surface area contributed by atoms with Gasteiger partial charge in [0.05, 0.1) is 16.2 Å². The number of pyridine rings is 1. The summed E-state index contributed by atoms with van der Waals surface area (Å²) >= 11 is 0. The van der Waals surface area contributed by atoms with E-state index in [1.165, 1.54) is 24.3 Å². The van der Waals surface area contributed by atoms with Gasteiger partial charge in [0.15, 0.2) is 0 Å². The number of rotatable bonds is 4. The van der Waals surface area contributed by atoms with Crippen molar-refractivity contribution in [2.24, 2.45) is 0 Å². The molecule has 0 spiro atoms. The van der Waals surface area contributed by atoms with E-state index >= 15 is 0 Å². The van der Waals surface area contributed by atoms with Crippen molar-refractivity contribution in [2.45, 2.75) is 6.18 Å². The average molecular weight is 311 g/mol. The highest BCUT2D eigenvalue weighted by Crippen LogP contribution is 2.30. The van der Waals surface area contributed by atoms with Crippen LogP contribution in [0.2, 0.25) is 0 Å². The SMILES string of the molecule is O=CN(c1ccc([N+](=O)[O-])cc1)c1ccc(C(F)(F)F)cn1.